The Hall–Kier alpha value is -3.03. The summed E-state index contributed by atoms with van der Waals surface area (Å²) in [5.74, 6) is -1.73. The van der Waals surface area contributed by atoms with Crippen LogP contribution in [-0.4, -0.2) is 35.7 Å². The third kappa shape index (κ3) is 4.33. The summed E-state index contributed by atoms with van der Waals surface area (Å²) in [5.41, 5.74) is 1.64. The second kappa shape index (κ2) is 7.90. The lowest BCUT2D eigenvalue weighted by Crippen LogP contribution is -2.15. The molecule has 138 valence electrons. The molecule has 0 saturated heterocycles. The number of benzene rings is 1. The van der Waals surface area contributed by atoms with Gasteiger partial charge in [-0.3, -0.25) is 9.59 Å². The molecular weight excluding hydrogens is 348 g/mol. The van der Waals surface area contributed by atoms with E-state index in [1.165, 1.54) is 25.1 Å². The van der Waals surface area contributed by atoms with Crippen molar-refractivity contribution >= 4 is 17.5 Å². The molecule has 0 fully saturated rings. The van der Waals surface area contributed by atoms with E-state index in [1.807, 2.05) is 0 Å². The molecule has 0 amide bonds. The highest BCUT2D eigenvalue weighted by Crippen LogP contribution is 2.20. The molecule has 0 aliphatic rings. The first-order chi connectivity index (χ1) is 12.2. The third-order valence-corrected chi connectivity index (χ3v) is 3.70. The van der Waals surface area contributed by atoms with Gasteiger partial charge in [0.2, 0.25) is 5.78 Å². The van der Waals surface area contributed by atoms with Crippen LogP contribution < -0.4 is 4.74 Å². The maximum atomic E-state index is 12.3. The van der Waals surface area contributed by atoms with Crippen molar-refractivity contribution < 1.29 is 32.6 Å². The zero-order chi connectivity index (χ0) is 19.4. The fourth-order valence-corrected chi connectivity index (χ4v) is 2.64. The zero-order valence-corrected chi connectivity index (χ0v) is 14.4. The number of ether oxygens (including phenoxy) is 2. The van der Waals surface area contributed by atoms with E-state index in [9.17, 15) is 23.2 Å². The lowest BCUT2D eigenvalue weighted by molar-refractivity contribution is -0.0499. The normalized spacial score (nSPS) is 10.7. The van der Waals surface area contributed by atoms with Crippen LogP contribution in [0.5, 0.6) is 5.75 Å². The topological polar surface area (TPSA) is 85.5 Å². The van der Waals surface area contributed by atoms with Crippen molar-refractivity contribution in [2.75, 3.05) is 6.61 Å². The van der Waals surface area contributed by atoms with Gasteiger partial charge in [-0.15, -0.1) is 0 Å². The molecule has 0 spiro atoms. The highest BCUT2D eigenvalue weighted by Gasteiger charge is 2.21. The minimum absolute atomic E-state index is 0.0280. The minimum atomic E-state index is -3.02. The van der Waals surface area contributed by atoms with Gasteiger partial charge < -0.3 is 14.5 Å². The number of H-pyrrole nitrogens is 1. The van der Waals surface area contributed by atoms with Gasteiger partial charge in [-0.2, -0.15) is 8.78 Å². The molecule has 2 rings (SSSR count). The van der Waals surface area contributed by atoms with Crippen LogP contribution in [0.15, 0.2) is 24.3 Å². The third-order valence-electron chi connectivity index (χ3n) is 3.70. The maximum Gasteiger partial charge on any atom is 0.387 e. The largest absolute Gasteiger partial charge is 0.454 e. The van der Waals surface area contributed by atoms with Gasteiger partial charge in [-0.25, -0.2) is 4.79 Å². The average molecular weight is 365 g/mol. The predicted molar refractivity (Wildman–Crippen MR) is 88.0 cm³/mol. The van der Waals surface area contributed by atoms with E-state index in [2.05, 4.69) is 9.72 Å². The molecule has 1 N–H and O–H groups in total. The number of aromatic amines is 1. The number of Topliss-reactive ketones (excluding diaryl/α,β-unsaturated/α-hetero) is 2. The summed E-state index contributed by atoms with van der Waals surface area (Å²) in [5, 5.41) is 0. The molecule has 2 aromatic rings. The van der Waals surface area contributed by atoms with E-state index in [0.29, 0.717) is 16.8 Å². The first-order valence-electron chi connectivity index (χ1n) is 7.66. The molecule has 6 nitrogen and oxygen atoms in total. The molecule has 26 heavy (non-hydrogen) atoms. The number of rotatable bonds is 7. The second-order valence-corrected chi connectivity index (χ2v) is 5.59. The molecule has 0 saturated carbocycles. The highest BCUT2D eigenvalue weighted by molar-refractivity contribution is 6.04. The van der Waals surface area contributed by atoms with E-state index < -0.39 is 25.0 Å². The molecule has 1 aromatic carbocycles. The van der Waals surface area contributed by atoms with Crippen molar-refractivity contribution in [1.29, 1.82) is 0 Å². The van der Waals surface area contributed by atoms with Gasteiger partial charge in [0.25, 0.3) is 0 Å². The van der Waals surface area contributed by atoms with Crippen LogP contribution >= 0.6 is 0 Å². The number of halogens is 2. The first-order valence-corrected chi connectivity index (χ1v) is 7.66. The number of aromatic nitrogens is 1. The van der Waals surface area contributed by atoms with Crippen LogP contribution in [-0.2, 0) is 4.74 Å². The fourth-order valence-electron chi connectivity index (χ4n) is 2.64. The Bertz CT molecular complexity index is 857. The average Bonchev–Trinajstić information content (AvgIpc) is 2.86. The SMILES string of the molecule is CC(=O)c1c(C)[nH]c(C(=O)COC(=O)c2cccc(OC(F)F)c2)c1C. The van der Waals surface area contributed by atoms with Crippen molar-refractivity contribution in [3.63, 3.8) is 0 Å². The summed E-state index contributed by atoms with van der Waals surface area (Å²) in [6, 6.07) is 5.07. The number of hydrogen-bond acceptors (Lipinski definition) is 5. The minimum Gasteiger partial charge on any atom is -0.454 e. The van der Waals surface area contributed by atoms with E-state index in [-0.39, 0.29) is 22.8 Å². The predicted octanol–water partition coefficient (Wildman–Crippen LogP) is 3.48. The van der Waals surface area contributed by atoms with Crippen molar-refractivity contribution in [3.8, 4) is 5.75 Å². The summed E-state index contributed by atoms with van der Waals surface area (Å²) in [4.78, 5) is 38.7. The molecular formula is C18H17F2NO5. The van der Waals surface area contributed by atoms with Gasteiger partial charge in [0.1, 0.15) is 5.75 Å². The quantitative estimate of drug-likeness (QED) is 0.600. The second-order valence-electron chi connectivity index (χ2n) is 5.59. The van der Waals surface area contributed by atoms with Crippen LogP contribution in [0.2, 0.25) is 0 Å². The Labute approximate surface area is 148 Å². The Morgan fingerprint density at radius 1 is 1.19 bits per heavy atom. The number of aryl methyl sites for hydroxylation is 1. The smallest absolute Gasteiger partial charge is 0.387 e. The fraction of sp³-hybridized carbons (Fsp3) is 0.278. The molecule has 8 heteroatoms. The van der Waals surface area contributed by atoms with Crippen LogP contribution in [0.25, 0.3) is 0 Å². The first kappa shape index (κ1) is 19.3. The molecule has 0 radical (unpaired) electrons. The van der Waals surface area contributed by atoms with Crippen molar-refractivity contribution in [2.45, 2.75) is 27.4 Å². The molecule has 1 heterocycles. The number of esters is 1. The summed E-state index contributed by atoms with van der Waals surface area (Å²) in [6.07, 6.45) is 0. The van der Waals surface area contributed by atoms with Gasteiger partial charge >= 0.3 is 12.6 Å². The van der Waals surface area contributed by atoms with Crippen molar-refractivity contribution in [2.24, 2.45) is 0 Å². The highest BCUT2D eigenvalue weighted by atomic mass is 19.3. The Morgan fingerprint density at radius 3 is 2.46 bits per heavy atom. The molecule has 0 bridgehead atoms. The Balaban J connectivity index is 2.07. The van der Waals surface area contributed by atoms with Crippen LogP contribution in [0.1, 0.15) is 49.4 Å². The van der Waals surface area contributed by atoms with Gasteiger partial charge in [0.15, 0.2) is 12.4 Å². The number of alkyl halides is 2. The molecule has 0 aliphatic heterocycles. The monoisotopic (exact) mass is 365 g/mol. The summed E-state index contributed by atoms with van der Waals surface area (Å²) in [7, 11) is 0. The van der Waals surface area contributed by atoms with Crippen molar-refractivity contribution in [1.82, 2.24) is 4.98 Å². The van der Waals surface area contributed by atoms with Crippen LogP contribution in [0, 0.1) is 13.8 Å². The molecule has 0 unspecified atom stereocenters. The number of nitrogens with one attached hydrogen (secondary N) is 1. The Kier molecular flexibility index (Phi) is 5.86. The standard InChI is InChI=1S/C18H17F2NO5/c1-9-15(11(3)22)10(2)21-16(9)14(23)8-25-17(24)12-5-4-6-13(7-12)26-18(19)20/h4-7,18,21H,8H2,1-3H3. The van der Waals surface area contributed by atoms with Gasteiger partial charge in [0.05, 0.1) is 11.3 Å². The van der Waals surface area contributed by atoms with Gasteiger partial charge in [-0.1, -0.05) is 6.07 Å². The zero-order valence-electron chi connectivity index (χ0n) is 14.4. The van der Waals surface area contributed by atoms with Crippen LogP contribution in [0.3, 0.4) is 0 Å². The van der Waals surface area contributed by atoms with Crippen LogP contribution in [0.4, 0.5) is 8.78 Å². The number of ketones is 2. The maximum absolute atomic E-state index is 12.3. The van der Waals surface area contributed by atoms with E-state index in [4.69, 9.17) is 4.74 Å². The number of hydrogen-bond donors (Lipinski definition) is 1. The lowest BCUT2D eigenvalue weighted by Gasteiger charge is -2.07. The lowest BCUT2D eigenvalue weighted by atomic mass is 10.1. The molecule has 0 atom stereocenters. The van der Waals surface area contributed by atoms with E-state index >= 15 is 0 Å². The Morgan fingerprint density at radius 2 is 1.88 bits per heavy atom. The van der Waals surface area contributed by atoms with Gasteiger partial charge in [0, 0.05) is 11.3 Å². The van der Waals surface area contributed by atoms with E-state index in [0.717, 1.165) is 6.07 Å². The van der Waals surface area contributed by atoms with Gasteiger partial charge in [-0.05, 0) is 44.5 Å². The molecule has 0 aliphatic carbocycles. The number of carbonyl (C=O) groups excluding carboxylic acids is 3. The van der Waals surface area contributed by atoms with E-state index in [1.54, 1.807) is 13.8 Å². The molecule has 1 aromatic heterocycles. The van der Waals surface area contributed by atoms with Crippen molar-refractivity contribution in [3.05, 3.63) is 52.3 Å². The number of carbonyl (C=O) groups is 3. The summed E-state index contributed by atoms with van der Waals surface area (Å²) in [6.45, 7) is 1.11. The summed E-state index contributed by atoms with van der Waals surface area (Å²) >= 11 is 0. The summed E-state index contributed by atoms with van der Waals surface area (Å²) < 4.78 is 33.6.